The first-order valence-corrected chi connectivity index (χ1v) is 13.1. The highest BCUT2D eigenvalue weighted by atomic mass is 32.2. The third-order valence-corrected chi connectivity index (χ3v) is 8.16. The largest absolute Gasteiger partial charge is 0.120 e. The SMILES string of the molecule is Cc1cccc(SCc2ccc(C(C)(C)C)cc2)c1SCc1ccc(C(C)(C)C)cc1. The van der Waals surface area contributed by atoms with Crippen molar-refractivity contribution in [2.75, 3.05) is 0 Å². The highest BCUT2D eigenvalue weighted by Gasteiger charge is 2.14. The van der Waals surface area contributed by atoms with Crippen LogP contribution in [-0.4, -0.2) is 0 Å². The van der Waals surface area contributed by atoms with E-state index in [1.165, 1.54) is 37.6 Å². The highest BCUT2D eigenvalue weighted by Crippen LogP contribution is 2.37. The molecule has 0 aromatic heterocycles. The van der Waals surface area contributed by atoms with Crippen molar-refractivity contribution in [1.29, 1.82) is 0 Å². The summed E-state index contributed by atoms with van der Waals surface area (Å²) in [5.41, 5.74) is 7.33. The number of benzene rings is 3. The lowest BCUT2D eigenvalue weighted by Gasteiger charge is -2.19. The van der Waals surface area contributed by atoms with Crippen molar-refractivity contribution in [3.8, 4) is 0 Å². The fourth-order valence-electron chi connectivity index (χ4n) is 3.44. The van der Waals surface area contributed by atoms with Gasteiger partial charge in [-0.05, 0) is 51.6 Å². The minimum absolute atomic E-state index is 0.205. The van der Waals surface area contributed by atoms with Gasteiger partial charge < -0.3 is 0 Å². The fourth-order valence-corrected chi connectivity index (χ4v) is 5.79. The van der Waals surface area contributed by atoms with Gasteiger partial charge in [-0.3, -0.25) is 0 Å². The van der Waals surface area contributed by atoms with Crippen LogP contribution in [0.15, 0.2) is 76.5 Å². The molecule has 0 unspecified atom stereocenters. The first-order valence-electron chi connectivity index (χ1n) is 11.1. The maximum atomic E-state index is 2.29. The minimum Gasteiger partial charge on any atom is -0.120 e. The summed E-state index contributed by atoms with van der Waals surface area (Å²) in [4.78, 5) is 2.80. The van der Waals surface area contributed by atoms with Gasteiger partial charge in [-0.15, -0.1) is 23.5 Å². The van der Waals surface area contributed by atoms with E-state index in [0.29, 0.717) is 0 Å². The molecule has 0 saturated heterocycles. The van der Waals surface area contributed by atoms with Crippen LogP contribution in [0.3, 0.4) is 0 Å². The Balaban J connectivity index is 1.67. The Morgan fingerprint density at radius 2 is 1.03 bits per heavy atom. The van der Waals surface area contributed by atoms with Gasteiger partial charge in [-0.1, -0.05) is 102 Å². The normalized spacial score (nSPS) is 12.2. The molecule has 0 spiro atoms. The van der Waals surface area contributed by atoms with Gasteiger partial charge in [0.25, 0.3) is 0 Å². The number of thioether (sulfide) groups is 2. The molecule has 0 atom stereocenters. The van der Waals surface area contributed by atoms with E-state index in [2.05, 4.69) is 115 Å². The lowest BCUT2D eigenvalue weighted by atomic mass is 9.87. The first-order chi connectivity index (χ1) is 14.5. The Bertz CT molecular complexity index is 985. The van der Waals surface area contributed by atoms with Gasteiger partial charge in [0.2, 0.25) is 0 Å². The van der Waals surface area contributed by atoms with Gasteiger partial charge in [0.05, 0.1) is 0 Å². The molecule has 0 heterocycles. The van der Waals surface area contributed by atoms with Crippen LogP contribution in [0.25, 0.3) is 0 Å². The molecule has 0 nitrogen and oxygen atoms in total. The summed E-state index contributed by atoms with van der Waals surface area (Å²) in [6, 6.07) is 25.0. The maximum absolute atomic E-state index is 2.29. The number of hydrogen-bond donors (Lipinski definition) is 0. The van der Waals surface area contributed by atoms with Crippen molar-refractivity contribution in [2.45, 2.75) is 80.6 Å². The van der Waals surface area contributed by atoms with E-state index in [-0.39, 0.29) is 10.8 Å². The standard InChI is InChI=1S/C29H36S2/c1-21-9-8-10-26(30-19-22-11-15-24(16-12-22)28(2,3)4)27(21)31-20-23-13-17-25(18-14-23)29(5,6)7/h8-18H,19-20H2,1-7H3. The van der Waals surface area contributed by atoms with Crippen LogP contribution < -0.4 is 0 Å². The lowest BCUT2D eigenvalue weighted by molar-refractivity contribution is 0.590. The molecule has 0 radical (unpaired) electrons. The Hall–Kier alpha value is -1.64. The van der Waals surface area contributed by atoms with E-state index in [1.54, 1.807) is 0 Å². The molecule has 3 rings (SSSR count). The predicted molar refractivity (Wildman–Crippen MR) is 141 cm³/mol. The molecule has 0 fully saturated rings. The number of hydrogen-bond acceptors (Lipinski definition) is 2. The fraction of sp³-hybridized carbons (Fsp3) is 0.379. The maximum Gasteiger partial charge on any atom is 0.0241 e. The Kier molecular flexibility index (Phi) is 7.65. The predicted octanol–water partition coefficient (Wildman–Crippen LogP) is 9.17. The average Bonchev–Trinajstić information content (AvgIpc) is 2.71. The third-order valence-electron chi connectivity index (χ3n) is 5.59. The van der Waals surface area contributed by atoms with Gasteiger partial charge in [0.15, 0.2) is 0 Å². The average molecular weight is 449 g/mol. The molecule has 0 aliphatic carbocycles. The summed E-state index contributed by atoms with van der Waals surface area (Å²) in [6.07, 6.45) is 0. The van der Waals surface area contributed by atoms with Crippen molar-refractivity contribution in [3.63, 3.8) is 0 Å². The van der Waals surface area contributed by atoms with Crippen LogP contribution >= 0.6 is 23.5 Å². The van der Waals surface area contributed by atoms with E-state index in [9.17, 15) is 0 Å². The molecule has 3 aromatic rings. The second-order valence-corrected chi connectivity index (χ2v) is 12.4. The molecule has 0 saturated carbocycles. The summed E-state index contributed by atoms with van der Waals surface area (Å²) in [5, 5.41) is 0. The van der Waals surface area contributed by atoms with Gasteiger partial charge >= 0.3 is 0 Å². The molecule has 3 aromatic carbocycles. The van der Waals surface area contributed by atoms with Crippen LogP contribution in [0.2, 0.25) is 0 Å². The van der Waals surface area contributed by atoms with E-state index < -0.39 is 0 Å². The Labute approximate surface area is 198 Å². The summed E-state index contributed by atoms with van der Waals surface area (Å²) in [7, 11) is 0. The first kappa shape index (κ1) is 24.0. The monoisotopic (exact) mass is 448 g/mol. The van der Waals surface area contributed by atoms with E-state index in [4.69, 9.17) is 0 Å². The molecule has 0 amide bonds. The van der Waals surface area contributed by atoms with Crippen molar-refractivity contribution in [3.05, 3.63) is 94.5 Å². The van der Waals surface area contributed by atoms with Crippen LogP contribution in [0.5, 0.6) is 0 Å². The topological polar surface area (TPSA) is 0 Å². The molecule has 0 aliphatic rings. The van der Waals surface area contributed by atoms with Gasteiger partial charge in [-0.25, -0.2) is 0 Å². The molecule has 164 valence electrons. The van der Waals surface area contributed by atoms with Crippen molar-refractivity contribution >= 4 is 23.5 Å². The molecule has 0 bridgehead atoms. The summed E-state index contributed by atoms with van der Waals surface area (Å²) < 4.78 is 0. The van der Waals surface area contributed by atoms with Gasteiger partial charge in [0.1, 0.15) is 0 Å². The van der Waals surface area contributed by atoms with Crippen LogP contribution in [0.4, 0.5) is 0 Å². The third kappa shape index (κ3) is 6.67. The van der Waals surface area contributed by atoms with Crippen molar-refractivity contribution in [2.24, 2.45) is 0 Å². The van der Waals surface area contributed by atoms with Gasteiger partial charge in [0, 0.05) is 21.3 Å². The molecule has 0 N–H and O–H groups in total. The van der Waals surface area contributed by atoms with Crippen LogP contribution in [0.1, 0.15) is 69.4 Å². The molecule has 31 heavy (non-hydrogen) atoms. The second-order valence-electron chi connectivity index (χ2n) is 10.4. The number of rotatable bonds is 6. The van der Waals surface area contributed by atoms with Crippen molar-refractivity contribution < 1.29 is 0 Å². The second kappa shape index (κ2) is 9.88. The zero-order valence-electron chi connectivity index (χ0n) is 20.1. The van der Waals surface area contributed by atoms with E-state index >= 15 is 0 Å². The molecular formula is C29H36S2. The Morgan fingerprint density at radius 1 is 0.581 bits per heavy atom. The Morgan fingerprint density at radius 3 is 1.48 bits per heavy atom. The summed E-state index contributed by atoms with van der Waals surface area (Å²) in [5.74, 6) is 2.00. The zero-order valence-corrected chi connectivity index (χ0v) is 21.7. The molecule has 0 aliphatic heterocycles. The highest BCUT2D eigenvalue weighted by molar-refractivity contribution is 8.01. The summed E-state index contributed by atoms with van der Waals surface area (Å²) in [6.45, 7) is 15.8. The summed E-state index contributed by atoms with van der Waals surface area (Å²) >= 11 is 3.91. The smallest absolute Gasteiger partial charge is 0.0241 e. The van der Waals surface area contributed by atoms with E-state index in [1.807, 2.05) is 23.5 Å². The number of aryl methyl sites for hydroxylation is 1. The van der Waals surface area contributed by atoms with Crippen molar-refractivity contribution in [1.82, 2.24) is 0 Å². The molecular weight excluding hydrogens is 412 g/mol. The van der Waals surface area contributed by atoms with Gasteiger partial charge in [-0.2, -0.15) is 0 Å². The zero-order chi connectivity index (χ0) is 22.6. The quantitative estimate of drug-likeness (QED) is 0.345. The minimum atomic E-state index is 0.205. The molecule has 2 heteroatoms. The van der Waals surface area contributed by atoms with Crippen LogP contribution in [-0.2, 0) is 22.3 Å². The lowest BCUT2D eigenvalue weighted by Crippen LogP contribution is -2.10. The van der Waals surface area contributed by atoms with Crippen LogP contribution in [0, 0.1) is 6.92 Å². The van der Waals surface area contributed by atoms with E-state index in [0.717, 1.165) is 11.5 Å².